The molecule has 2 aliphatic rings. The van der Waals surface area contributed by atoms with Gasteiger partial charge in [-0.25, -0.2) is 9.97 Å². The average molecular weight is 516 g/mol. The maximum atomic E-state index is 12.3. The van der Waals surface area contributed by atoms with Crippen molar-refractivity contribution in [2.45, 2.75) is 6.92 Å². The number of hydrogen-bond acceptors (Lipinski definition) is 6. The first kappa shape index (κ1) is 24.7. The molecule has 2 heterocycles. The summed E-state index contributed by atoms with van der Waals surface area (Å²) in [5, 5.41) is 7.09. The molecule has 4 aromatic rings. The molecular formula is C32H29N5O2. The van der Waals surface area contributed by atoms with Gasteiger partial charge in [0.25, 0.3) is 0 Å². The molecule has 2 N–H and O–H groups in total. The van der Waals surface area contributed by atoms with Crippen molar-refractivity contribution < 1.29 is 9.53 Å². The number of likely N-dealkylation sites (tertiary alicyclic amines) is 1. The van der Waals surface area contributed by atoms with Crippen LogP contribution in [0, 0.1) is 36.5 Å². The smallest absolute Gasteiger partial charge is 0.247 e. The molecule has 39 heavy (non-hydrogen) atoms. The third kappa shape index (κ3) is 5.20. The number of aromatic nitrogens is 2. The minimum absolute atomic E-state index is 0.293. The van der Waals surface area contributed by atoms with Gasteiger partial charge in [0.2, 0.25) is 5.91 Å². The predicted octanol–water partition coefficient (Wildman–Crippen LogP) is 5.76. The Bertz CT molecular complexity index is 1630. The van der Waals surface area contributed by atoms with E-state index in [4.69, 9.17) is 4.74 Å². The van der Waals surface area contributed by atoms with Gasteiger partial charge in [0, 0.05) is 30.1 Å². The fourth-order valence-corrected chi connectivity index (χ4v) is 5.30. The summed E-state index contributed by atoms with van der Waals surface area (Å²) >= 11 is 0. The van der Waals surface area contributed by atoms with E-state index < -0.39 is 0 Å². The topological polar surface area (TPSA) is 79.4 Å². The number of nitrogens with zero attached hydrogens (tertiary/aromatic N) is 3. The third-order valence-electron chi connectivity index (χ3n) is 7.38. The Balaban J connectivity index is 1.29. The summed E-state index contributed by atoms with van der Waals surface area (Å²) in [6.45, 7) is 7.80. The lowest BCUT2D eigenvalue weighted by Gasteiger charge is -2.14. The summed E-state index contributed by atoms with van der Waals surface area (Å²) in [4.78, 5) is 23.6. The number of carbonyl (C=O) groups is 1. The second-order valence-corrected chi connectivity index (χ2v) is 10.2. The maximum absolute atomic E-state index is 12.3. The van der Waals surface area contributed by atoms with Crippen molar-refractivity contribution in [1.29, 1.82) is 0 Å². The average Bonchev–Trinajstić information content (AvgIpc) is 3.41. The van der Waals surface area contributed by atoms with Crippen LogP contribution in [0.2, 0.25) is 0 Å². The van der Waals surface area contributed by atoms with E-state index in [1.807, 2.05) is 67.6 Å². The third-order valence-corrected chi connectivity index (χ3v) is 7.38. The number of aryl methyl sites for hydroxylation is 1. The van der Waals surface area contributed by atoms with Gasteiger partial charge in [0.05, 0.1) is 16.8 Å². The lowest BCUT2D eigenvalue weighted by atomic mass is 10.1. The van der Waals surface area contributed by atoms with Gasteiger partial charge in [-0.3, -0.25) is 4.79 Å². The van der Waals surface area contributed by atoms with Gasteiger partial charge in [-0.1, -0.05) is 36.6 Å². The lowest BCUT2D eigenvalue weighted by molar-refractivity contribution is -0.111. The maximum Gasteiger partial charge on any atom is 0.247 e. The Hall–Kier alpha value is -4.67. The molecule has 1 saturated carbocycles. The van der Waals surface area contributed by atoms with E-state index in [9.17, 15) is 4.79 Å². The molecule has 3 atom stereocenters. The molecule has 1 aliphatic heterocycles. The first-order valence-corrected chi connectivity index (χ1v) is 13.0. The number of anilines is 3. The normalized spacial score (nSPS) is 19.5. The van der Waals surface area contributed by atoms with E-state index in [1.165, 1.54) is 12.4 Å². The van der Waals surface area contributed by atoms with E-state index in [0.29, 0.717) is 29.3 Å². The molecule has 3 aromatic carbocycles. The van der Waals surface area contributed by atoms with Gasteiger partial charge in [-0.05, 0) is 79.9 Å². The number of hydrogen-bond donors (Lipinski definition) is 2. The fraction of sp³-hybridized carbons (Fsp3) is 0.219. The number of amides is 1. The van der Waals surface area contributed by atoms with Gasteiger partial charge in [-0.2, -0.15) is 0 Å². The van der Waals surface area contributed by atoms with Crippen molar-refractivity contribution >= 4 is 34.0 Å². The molecule has 0 bridgehead atoms. The molecule has 7 nitrogen and oxygen atoms in total. The monoisotopic (exact) mass is 515 g/mol. The fourth-order valence-electron chi connectivity index (χ4n) is 5.30. The highest BCUT2D eigenvalue weighted by molar-refractivity contribution is 6.03. The van der Waals surface area contributed by atoms with Crippen LogP contribution in [0.5, 0.6) is 11.5 Å². The highest BCUT2D eigenvalue weighted by Crippen LogP contribution is 2.50. The summed E-state index contributed by atoms with van der Waals surface area (Å²) in [6, 6.07) is 19.4. The number of ether oxygens (including phenoxy) is 1. The first-order chi connectivity index (χ1) is 19.0. The van der Waals surface area contributed by atoms with Crippen LogP contribution < -0.4 is 15.4 Å². The molecule has 7 heteroatoms. The Morgan fingerprint density at radius 3 is 2.64 bits per heavy atom. The zero-order valence-corrected chi connectivity index (χ0v) is 21.9. The van der Waals surface area contributed by atoms with Gasteiger partial charge in [0.15, 0.2) is 0 Å². The molecule has 1 amide bonds. The van der Waals surface area contributed by atoms with Crippen molar-refractivity contribution in [1.82, 2.24) is 14.9 Å². The van der Waals surface area contributed by atoms with Crippen molar-refractivity contribution in [2.75, 3.05) is 30.8 Å². The summed E-state index contributed by atoms with van der Waals surface area (Å²) in [6.07, 6.45) is 2.79. The summed E-state index contributed by atoms with van der Waals surface area (Å²) < 4.78 is 6.02. The second kappa shape index (κ2) is 10.2. The van der Waals surface area contributed by atoms with Crippen LogP contribution in [0.1, 0.15) is 11.1 Å². The number of rotatable bonds is 6. The van der Waals surface area contributed by atoms with Crippen molar-refractivity contribution in [2.24, 2.45) is 17.8 Å². The quantitative estimate of drug-likeness (QED) is 0.251. The Kier molecular flexibility index (Phi) is 6.47. The van der Waals surface area contributed by atoms with Crippen LogP contribution in [0.25, 0.3) is 10.9 Å². The molecule has 6 rings (SSSR count). The van der Waals surface area contributed by atoms with Crippen LogP contribution in [0.15, 0.2) is 79.6 Å². The van der Waals surface area contributed by atoms with Crippen molar-refractivity contribution in [3.8, 4) is 23.3 Å². The second-order valence-electron chi connectivity index (χ2n) is 10.2. The number of nitrogens with one attached hydrogen (secondary N) is 2. The summed E-state index contributed by atoms with van der Waals surface area (Å²) in [7, 11) is 2.16. The summed E-state index contributed by atoms with van der Waals surface area (Å²) in [5.41, 5.74) is 3.93. The standard InChI is InChI=1S/C32H29N5O2/c1-4-31(38)36-28-16-25-29(15-21(28)10-12-24-26-17-37(3)18-27(24)26)33-19-34-32(25)35-22-11-13-30(20(2)14-22)39-23-8-6-5-7-9-23/h4-9,11,13-16,19,24,26-27H,1,17-18H2,2-3H3,(H,36,38)(H,33,34,35)/t24-,26-,27+. The molecule has 1 saturated heterocycles. The van der Waals surface area contributed by atoms with Gasteiger partial charge in [0.1, 0.15) is 23.6 Å². The van der Waals surface area contributed by atoms with E-state index in [2.05, 4.69) is 51.0 Å². The zero-order valence-electron chi connectivity index (χ0n) is 21.9. The van der Waals surface area contributed by atoms with Gasteiger partial charge >= 0.3 is 0 Å². The van der Waals surface area contributed by atoms with Crippen LogP contribution >= 0.6 is 0 Å². The SMILES string of the molecule is C=CC(=O)Nc1cc2c(Nc3ccc(Oc4ccccc4)c(C)c3)ncnc2cc1C#C[C@@H]1[C@H]2CN(C)C[C@@H]12. The minimum Gasteiger partial charge on any atom is -0.457 e. The number of carbonyl (C=O) groups excluding carboxylic acids is 1. The molecule has 0 spiro atoms. The van der Waals surface area contributed by atoms with Crippen molar-refractivity contribution in [3.63, 3.8) is 0 Å². The van der Waals surface area contributed by atoms with Crippen LogP contribution in [0.4, 0.5) is 17.2 Å². The molecule has 0 radical (unpaired) electrons. The van der Waals surface area contributed by atoms with E-state index in [0.717, 1.165) is 52.3 Å². The largest absolute Gasteiger partial charge is 0.457 e. The number of piperidine rings is 1. The first-order valence-electron chi connectivity index (χ1n) is 13.0. The van der Waals surface area contributed by atoms with Gasteiger partial charge in [-0.15, -0.1) is 0 Å². The van der Waals surface area contributed by atoms with Crippen molar-refractivity contribution in [3.05, 3.63) is 90.8 Å². The molecule has 2 fully saturated rings. The minimum atomic E-state index is -0.293. The van der Waals surface area contributed by atoms with Gasteiger partial charge < -0.3 is 20.3 Å². The molecular weight excluding hydrogens is 486 g/mol. The Morgan fingerprint density at radius 1 is 1.10 bits per heavy atom. The highest BCUT2D eigenvalue weighted by Gasteiger charge is 2.53. The van der Waals surface area contributed by atoms with E-state index in [1.54, 1.807) is 0 Å². The highest BCUT2D eigenvalue weighted by atomic mass is 16.5. The van der Waals surface area contributed by atoms with E-state index in [-0.39, 0.29) is 5.91 Å². The van der Waals surface area contributed by atoms with E-state index >= 15 is 0 Å². The number of fused-ring (bicyclic) bond motifs is 2. The van der Waals surface area contributed by atoms with Crippen LogP contribution in [0.3, 0.4) is 0 Å². The molecule has 1 aliphatic carbocycles. The Labute approximate surface area is 227 Å². The predicted molar refractivity (Wildman–Crippen MR) is 154 cm³/mol. The van der Waals surface area contributed by atoms with Crippen LogP contribution in [-0.2, 0) is 4.79 Å². The molecule has 0 unspecified atom stereocenters. The zero-order chi connectivity index (χ0) is 26.9. The lowest BCUT2D eigenvalue weighted by Crippen LogP contribution is -2.18. The summed E-state index contributed by atoms with van der Waals surface area (Å²) in [5.74, 6) is 10.4. The number of benzene rings is 3. The molecule has 1 aromatic heterocycles. The Morgan fingerprint density at radius 2 is 1.90 bits per heavy atom. The molecule has 194 valence electrons. The van der Waals surface area contributed by atoms with Crippen LogP contribution in [-0.4, -0.2) is 40.9 Å². The number of para-hydroxylation sites is 1.